The normalized spacial score (nSPS) is 15.9. The fourth-order valence-electron chi connectivity index (χ4n) is 3.19. The molecule has 0 spiro atoms. The lowest BCUT2D eigenvalue weighted by Crippen LogP contribution is -2.50. The third-order valence-electron chi connectivity index (χ3n) is 4.60. The number of nitrogens with one attached hydrogen (secondary N) is 1. The van der Waals surface area contributed by atoms with Crippen LogP contribution in [-0.2, 0) is 21.2 Å². The van der Waals surface area contributed by atoms with Gasteiger partial charge in [-0.3, -0.25) is 9.10 Å². The van der Waals surface area contributed by atoms with Crippen molar-refractivity contribution in [1.29, 1.82) is 0 Å². The van der Waals surface area contributed by atoms with Crippen molar-refractivity contribution in [2.24, 2.45) is 0 Å². The van der Waals surface area contributed by atoms with Crippen LogP contribution in [0.15, 0.2) is 48.5 Å². The van der Waals surface area contributed by atoms with E-state index in [0.717, 1.165) is 30.4 Å². The van der Waals surface area contributed by atoms with Gasteiger partial charge in [0.1, 0.15) is 11.5 Å². The van der Waals surface area contributed by atoms with Crippen molar-refractivity contribution in [3.05, 3.63) is 54.1 Å². The molecule has 0 saturated carbocycles. The van der Waals surface area contributed by atoms with Crippen molar-refractivity contribution in [3.63, 3.8) is 0 Å². The van der Waals surface area contributed by atoms with Crippen LogP contribution in [0.3, 0.4) is 0 Å². The van der Waals surface area contributed by atoms with Crippen LogP contribution < -0.4 is 19.1 Å². The zero-order valence-corrected chi connectivity index (χ0v) is 17.4. The monoisotopic (exact) mass is 418 g/mol. The first-order valence-corrected chi connectivity index (χ1v) is 11.5. The maximum Gasteiger partial charge on any atom is 0.263 e. The largest absolute Gasteiger partial charge is 0.494 e. The summed E-state index contributed by atoms with van der Waals surface area (Å²) in [5, 5.41) is 2.85. The number of carbonyl (C=O) groups is 1. The van der Waals surface area contributed by atoms with Gasteiger partial charge in [0.05, 0.1) is 25.1 Å². The minimum absolute atomic E-state index is 0.0411. The van der Waals surface area contributed by atoms with E-state index >= 15 is 0 Å². The zero-order chi connectivity index (χ0) is 20.9. The third-order valence-corrected chi connectivity index (χ3v) is 5.75. The van der Waals surface area contributed by atoms with Gasteiger partial charge in [0.15, 0.2) is 6.10 Å². The summed E-state index contributed by atoms with van der Waals surface area (Å²) in [7, 11) is -3.51. The molecule has 0 bridgehead atoms. The van der Waals surface area contributed by atoms with Gasteiger partial charge in [0.2, 0.25) is 10.0 Å². The van der Waals surface area contributed by atoms with Crippen molar-refractivity contribution < 1.29 is 22.7 Å². The van der Waals surface area contributed by atoms with Gasteiger partial charge in [0.25, 0.3) is 5.91 Å². The molecule has 0 aliphatic carbocycles. The number of hydrogen-bond acceptors (Lipinski definition) is 5. The first-order valence-electron chi connectivity index (χ1n) is 9.61. The van der Waals surface area contributed by atoms with E-state index in [1.165, 1.54) is 4.31 Å². The molecule has 1 amide bonds. The molecule has 1 aliphatic heterocycles. The molecule has 8 heteroatoms. The van der Waals surface area contributed by atoms with Crippen LogP contribution in [0.25, 0.3) is 0 Å². The Bertz CT molecular complexity index is 944. The number of ether oxygens (including phenoxy) is 2. The SMILES string of the molecule is CCOc1ccc(CCCNC(=O)C2CN(S(C)(=O)=O)c3ccccc3O2)cc1. The van der Waals surface area contributed by atoms with Crippen LogP contribution in [0, 0.1) is 0 Å². The molecule has 0 aromatic heterocycles. The standard InChI is InChI=1S/C21H26N2O5S/c1-3-27-17-12-10-16(11-13-17)7-6-14-22-21(24)20-15-23(29(2,25)26)18-8-4-5-9-19(18)28-20/h4-5,8-13,20H,3,6-7,14-15H2,1-2H3,(H,22,24). The van der Waals surface area contributed by atoms with Gasteiger partial charge in [-0.25, -0.2) is 8.42 Å². The first-order chi connectivity index (χ1) is 13.9. The maximum atomic E-state index is 12.5. The molecule has 3 rings (SSSR count). The summed E-state index contributed by atoms with van der Waals surface area (Å²) in [6.07, 6.45) is 1.82. The molecule has 0 radical (unpaired) electrons. The summed E-state index contributed by atoms with van der Waals surface area (Å²) in [4.78, 5) is 12.5. The average molecular weight is 419 g/mol. The fourth-order valence-corrected chi connectivity index (χ4v) is 4.10. The molecule has 29 heavy (non-hydrogen) atoms. The number of amides is 1. The summed E-state index contributed by atoms with van der Waals surface area (Å²) >= 11 is 0. The highest BCUT2D eigenvalue weighted by Crippen LogP contribution is 2.34. The molecule has 2 aromatic rings. The average Bonchev–Trinajstić information content (AvgIpc) is 2.71. The number of nitrogens with zero attached hydrogens (tertiary/aromatic N) is 1. The van der Waals surface area contributed by atoms with E-state index in [-0.39, 0.29) is 12.5 Å². The van der Waals surface area contributed by atoms with E-state index in [1.54, 1.807) is 24.3 Å². The molecule has 1 aliphatic rings. The fraction of sp³-hybridized carbons (Fsp3) is 0.381. The molecule has 156 valence electrons. The summed E-state index contributed by atoms with van der Waals surface area (Å²) in [5.41, 5.74) is 1.61. The second-order valence-electron chi connectivity index (χ2n) is 6.84. The highest BCUT2D eigenvalue weighted by Gasteiger charge is 2.34. The lowest BCUT2D eigenvalue weighted by atomic mass is 10.1. The topological polar surface area (TPSA) is 84.9 Å². The van der Waals surface area contributed by atoms with Crippen molar-refractivity contribution in [2.75, 3.05) is 30.3 Å². The number of para-hydroxylation sites is 2. The van der Waals surface area contributed by atoms with E-state index in [4.69, 9.17) is 9.47 Å². The van der Waals surface area contributed by atoms with Crippen LogP contribution in [0.2, 0.25) is 0 Å². The van der Waals surface area contributed by atoms with Gasteiger partial charge in [0, 0.05) is 6.54 Å². The van der Waals surface area contributed by atoms with Crippen LogP contribution >= 0.6 is 0 Å². The quantitative estimate of drug-likeness (QED) is 0.666. The van der Waals surface area contributed by atoms with Gasteiger partial charge in [-0.2, -0.15) is 0 Å². The number of carbonyl (C=O) groups excluding carboxylic acids is 1. The minimum Gasteiger partial charge on any atom is -0.494 e. The van der Waals surface area contributed by atoms with Crippen molar-refractivity contribution in [1.82, 2.24) is 5.32 Å². The van der Waals surface area contributed by atoms with E-state index in [1.807, 2.05) is 31.2 Å². The summed E-state index contributed by atoms with van der Waals surface area (Å²) in [6, 6.07) is 14.7. The predicted octanol–water partition coefficient (Wildman–Crippen LogP) is 2.36. The number of fused-ring (bicyclic) bond motifs is 1. The summed E-state index contributed by atoms with van der Waals surface area (Å²) in [6.45, 7) is 3.02. The molecule has 7 nitrogen and oxygen atoms in total. The van der Waals surface area contributed by atoms with Crippen molar-refractivity contribution >= 4 is 21.6 Å². The number of benzene rings is 2. The Morgan fingerprint density at radius 3 is 2.62 bits per heavy atom. The summed E-state index contributed by atoms with van der Waals surface area (Å²) in [5.74, 6) is 0.910. The Morgan fingerprint density at radius 2 is 1.93 bits per heavy atom. The maximum absolute atomic E-state index is 12.5. The van der Waals surface area contributed by atoms with Crippen LogP contribution in [0.1, 0.15) is 18.9 Å². The molecular weight excluding hydrogens is 392 g/mol. The molecule has 1 unspecified atom stereocenters. The number of aryl methyl sites for hydroxylation is 1. The van der Waals surface area contributed by atoms with Gasteiger partial charge in [-0.15, -0.1) is 0 Å². The molecule has 1 heterocycles. The zero-order valence-electron chi connectivity index (χ0n) is 16.6. The number of rotatable bonds is 8. The smallest absolute Gasteiger partial charge is 0.263 e. The lowest BCUT2D eigenvalue weighted by Gasteiger charge is -2.33. The Morgan fingerprint density at radius 1 is 1.21 bits per heavy atom. The van der Waals surface area contributed by atoms with Crippen LogP contribution in [0.4, 0.5) is 5.69 Å². The van der Waals surface area contributed by atoms with Crippen LogP contribution in [0.5, 0.6) is 11.5 Å². The van der Waals surface area contributed by atoms with Crippen molar-refractivity contribution in [3.8, 4) is 11.5 Å². The molecular formula is C21H26N2O5S. The predicted molar refractivity (Wildman–Crippen MR) is 112 cm³/mol. The van der Waals surface area contributed by atoms with Crippen LogP contribution in [-0.4, -0.2) is 46.4 Å². The summed E-state index contributed by atoms with van der Waals surface area (Å²) < 4.78 is 36.6. The highest BCUT2D eigenvalue weighted by atomic mass is 32.2. The molecule has 0 saturated heterocycles. The van der Waals surface area contributed by atoms with Crippen molar-refractivity contribution in [2.45, 2.75) is 25.9 Å². The molecule has 2 aromatic carbocycles. The first kappa shape index (κ1) is 21.0. The van der Waals surface area contributed by atoms with E-state index in [0.29, 0.717) is 24.6 Å². The van der Waals surface area contributed by atoms with Gasteiger partial charge < -0.3 is 14.8 Å². The van der Waals surface area contributed by atoms with E-state index in [2.05, 4.69) is 5.32 Å². The Balaban J connectivity index is 1.53. The number of anilines is 1. The second kappa shape index (κ2) is 9.17. The van der Waals surface area contributed by atoms with E-state index in [9.17, 15) is 13.2 Å². The van der Waals surface area contributed by atoms with E-state index < -0.39 is 16.1 Å². The Labute approximate surface area is 171 Å². The highest BCUT2D eigenvalue weighted by molar-refractivity contribution is 7.92. The Kier molecular flexibility index (Phi) is 6.64. The molecule has 1 atom stereocenters. The lowest BCUT2D eigenvalue weighted by molar-refractivity contribution is -0.127. The number of hydrogen-bond donors (Lipinski definition) is 1. The third kappa shape index (κ3) is 5.41. The number of sulfonamides is 1. The molecule has 1 N–H and O–H groups in total. The van der Waals surface area contributed by atoms with Gasteiger partial charge in [-0.1, -0.05) is 24.3 Å². The minimum atomic E-state index is -3.51. The Hall–Kier alpha value is -2.74. The second-order valence-corrected chi connectivity index (χ2v) is 8.75. The van der Waals surface area contributed by atoms with Gasteiger partial charge >= 0.3 is 0 Å². The van der Waals surface area contributed by atoms with Gasteiger partial charge in [-0.05, 0) is 49.6 Å². The molecule has 0 fully saturated rings.